The van der Waals surface area contributed by atoms with Crippen molar-refractivity contribution in [1.82, 2.24) is 25.2 Å². The molecule has 174 valence electrons. The van der Waals surface area contributed by atoms with Gasteiger partial charge in [-0.3, -0.25) is 19.0 Å². The van der Waals surface area contributed by atoms with Crippen molar-refractivity contribution in [3.8, 4) is 0 Å². The molecule has 3 aromatic rings. The Bertz CT molecular complexity index is 1200. The maximum Gasteiger partial charge on any atom is 0.273 e. The Hall–Kier alpha value is -3.27. The normalized spacial score (nSPS) is 16.1. The Morgan fingerprint density at radius 1 is 1.21 bits per heavy atom. The minimum atomic E-state index is -0.286. The van der Waals surface area contributed by atoms with Gasteiger partial charge in [0.25, 0.3) is 5.56 Å². The summed E-state index contributed by atoms with van der Waals surface area (Å²) in [6, 6.07) is 7.91. The maximum atomic E-state index is 13.0. The van der Waals surface area contributed by atoms with Gasteiger partial charge in [-0.15, -0.1) is 0 Å². The maximum absolute atomic E-state index is 13.0. The molecule has 0 spiro atoms. The number of thiazole rings is 1. The van der Waals surface area contributed by atoms with E-state index in [1.54, 1.807) is 0 Å². The number of nitrogens with zero attached hydrogens (tertiary/aromatic N) is 4. The lowest BCUT2D eigenvalue weighted by Gasteiger charge is -2.31. The molecule has 0 saturated carbocycles. The van der Waals surface area contributed by atoms with Gasteiger partial charge >= 0.3 is 0 Å². The van der Waals surface area contributed by atoms with Crippen LogP contribution in [0.5, 0.6) is 0 Å². The minimum Gasteiger partial charge on any atom is -0.356 e. The lowest BCUT2D eigenvalue weighted by atomic mass is 9.97. The number of aryl methyl sites for hydroxylation is 1. The predicted molar refractivity (Wildman–Crippen MR) is 128 cm³/mol. The largest absolute Gasteiger partial charge is 0.356 e. The molecule has 2 amide bonds. The summed E-state index contributed by atoms with van der Waals surface area (Å²) in [5, 5.41) is 6.41. The van der Waals surface area contributed by atoms with Crippen LogP contribution < -0.4 is 21.1 Å². The zero-order valence-corrected chi connectivity index (χ0v) is 19.7. The number of fused-ring (bicyclic) bond motifs is 1. The van der Waals surface area contributed by atoms with E-state index >= 15 is 0 Å². The summed E-state index contributed by atoms with van der Waals surface area (Å²) in [7, 11) is 0. The molecule has 3 heterocycles. The molecule has 9 nitrogen and oxygen atoms in total. The van der Waals surface area contributed by atoms with E-state index in [0.717, 1.165) is 30.5 Å². The number of amides is 2. The summed E-state index contributed by atoms with van der Waals surface area (Å²) >= 11 is 1.27. The van der Waals surface area contributed by atoms with Crippen LogP contribution in [0.15, 0.2) is 35.4 Å². The Kier molecular flexibility index (Phi) is 7.02. The third-order valence-corrected chi connectivity index (χ3v) is 6.80. The number of nitrogens with one attached hydrogen (secondary N) is 2. The molecule has 2 N–H and O–H groups in total. The van der Waals surface area contributed by atoms with Crippen LogP contribution in [0.4, 0.5) is 5.13 Å². The van der Waals surface area contributed by atoms with Gasteiger partial charge in [-0.25, -0.2) is 4.98 Å². The van der Waals surface area contributed by atoms with Gasteiger partial charge in [0.15, 0.2) is 10.8 Å². The lowest BCUT2D eigenvalue weighted by molar-refractivity contribution is -0.125. The van der Waals surface area contributed by atoms with Gasteiger partial charge in [-0.2, -0.15) is 4.98 Å². The second kappa shape index (κ2) is 10.1. The van der Waals surface area contributed by atoms with Crippen LogP contribution in [0.1, 0.15) is 30.9 Å². The lowest BCUT2D eigenvalue weighted by Crippen LogP contribution is -2.43. The van der Waals surface area contributed by atoms with Gasteiger partial charge in [0.2, 0.25) is 11.8 Å². The Balaban J connectivity index is 1.44. The van der Waals surface area contributed by atoms with Crippen LogP contribution in [0.25, 0.3) is 10.3 Å². The van der Waals surface area contributed by atoms with Crippen molar-refractivity contribution in [2.45, 2.75) is 39.8 Å². The first-order valence-electron chi connectivity index (χ1n) is 11.2. The van der Waals surface area contributed by atoms with Crippen LogP contribution >= 0.6 is 11.3 Å². The average Bonchev–Trinajstić information content (AvgIpc) is 3.26. The van der Waals surface area contributed by atoms with Gasteiger partial charge in [-0.1, -0.05) is 41.2 Å². The smallest absolute Gasteiger partial charge is 0.273 e. The Morgan fingerprint density at radius 3 is 2.76 bits per heavy atom. The van der Waals surface area contributed by atoms with Crippen molar-refractivity contribution in [2.75, 3.05) is 24.5 Å². The molecular weight excluding hydrogens is 440 g/mol. The quantitative estimate of drug-likeness (QED) is 0.548. The number of piperidine rings is 1. The number of benzene rings is 1. The summed E-state index contributed by atoms with van der Waals surface area (Å²) in [4.78, 5) is 48.5. The molecule has 0 aliphatic carbocycles. The van der Waals surface area contributed by atoms with Gasteiger partial charge < -0.3 is 15.5 Å². The fraction of sp³-hybridized carbons (Fsp3) is 0.435. The van der Waals surface area contributed by atoms with Crippen molar-refractivity contribution >= 4 is 38.6 Å². The fourth-order valence-electron chi connectivity index (χ4n) is 3.88. The second-order valence-corrected chi connectivity index (χ2v) is 9.25. The monoisotopic (exact) mass is 468 g/mol. The average molecular weight is 469 g/mol. The Morgan fingerprint density at radius 2 is 2.00 bits per heavy atom. The van der Waals surface area contributed by atoms with E-state index in [-0.39, 0.29) is 29.8 Å². The first kappa shape index (κ1) is 22.9. The SMILES string of the molecule is CCNC(=O)C1CCCN(c2nc3ncn(CC(=O)NCc4ccc(C)cc4)c(=O)c3s2)C1. The fourth-order valence-corrected chi connectivity index (χ4v) is 4.89. The first-order chi connectivity index (χ1) is 15.9. The number of rotatable bonds is 7. The summed E-state index contributed by atoms with van der Waals surface area (Å²) in [6.07, 6.45) is 3.10. The van der Waals surface area contributed by atoms with Gasteiger partial charge in [0.1, 0.15) is 17.6 Å². The van der Waals surface area contributed by atoms with E-state index in [4.69, 9.17) is 0 Å². The summed E-state index contributed by atoms with van der Waals surface area (Å²) in [6.45, 7) is 6.17. The molecule has 2 aromatic heterocycles. The van der Waals surface area contributed by atoms with Crippen LogP contribution in [0.2, 0.25) is 0 Å². The van der Waals surface area contributed by atoms with Gasteiger partial charge in [0.05, 0.1) is 5.92 Å². The zero-order chi connectivity index (χ0) is 23.4. The first-order valence-corrected chi connectivity index (χ1v) is 12.0. The number of carbonyl (C=O) groups excluding carboxylic acids is 2. The highest BCUT2D eigenvalue weighted by atomic mass is 32.1. The van der Waals surface area contributed by atoms with Crippen molar-refractivity contribution in [1.29, 1.82) is 0 Å². The predicted octanol–water partition coefficient (Wildman–Crippen LogP) is 1.83. The molecule has 1 atom stereocenters. The summed E-state index contributed by atoms with van der Waals surface area (Å²) in [5.74, 6) is -0.294. The molecule has 0 radical (unpaired) electrons. The van der Waals surface area contributed by atoms with Gasteiger partial charge in [-0.05, 0) is 32.3 Å². The van der Waals surface area contributed by atoms with E-state index in [1.807, 2.05) is 43.0 Å². The zero-order valence-electron chi connectivity index (χ0n) is 18.8. The second-order valence-electron chi connectivity index (χ2n) is 8.27. The minimum absolute atomic E-state index is 0.0560. The van der Waals surface area contributed by atoms with Gasteiger partial charge in [0, 0.05) is 26.2 Å². The molecule has 0 bridgehead atoms. The van der Waals surface area contributed by atoms with Crippen molar-refractivity contribution in [3.63, 3.8) is 0 Å². The third-order valence-electron chi connectivity index (χ3n) is 5.71. The number of anilines is 1. The standard InChI is InChI=1S/C23H28N6O3S/c1-3-24-21(31)17-5-4-10-28(12-17)23-27-20-19(33-23)22(32)29(14-26-20)13-18(30)25-11-16-8-6-15(2)7-9-16/h6-9,14,17H,3-5,10-13H2,1-2H3,(H,24,31)(H,25,30). The third kappa shape index (κ3) is 5.39. The van der Waals surface area contributed by atoms with E-state index in [9.17, 15) is 14.4 Å². The van der Waals surface area contributed by atoms with Crippen LogP contribution in [-0.4, -0.2) is 46.0 Å². The number of hydrogen-bond acceptors (Lipinski definition) is 7. The van der Waals surface area contributed by atoms with E-state index in [0.29, 0.717) is 35.1 Å². The van der Waals surface area contributed by atoms with Crippen molar-refractivity contribution in [2.24, 2.45) is 5.92 Å². The summed E-state index contributed by atoms with van der Waals surface area (Å²) in [5.41, 5.74) is 2.24. The number of aromatic nitrogens is 3. The number of carbonyl (C=O) groups is 2. The molecule has 1 aliphatic heterocycles. The van der Waals surface area contributed by atoms with E-state index < -0.39 is 0 Å². The molecule has 1 saturated heterocycles. The molecule has 33 heavy (non-hydrogen) atoms. The van der Waals surface area contributed by atoms with Crippen molar-refractivity contribution in [3.05, 3.63) is 52.1 Å². The molecule has 1 unspecified atom stereocenters. The molecular formula is C23H28N6O3S. The molecule has 4 rings (SSSR count). The van der Waals surface area contributed by atoms with Crippen LogP contribution in [-0.2, 0) is 22.7 Å². The van der Waals surface area contributed by atoms with E-state index in [2.05, 4.69) is 20.6 Å². The van der Waals surface area contributed by atoms with E-state index in [1.165, 1.54) is 22.2 Å². The van der Waals surface area contributed by atoms with Crippen LogP contribution in [0, 0.1) is 12.8 Å². The highest BCUT2D eigenvalue weighted by Crippen LogP contribution is 2.29. The molecule has 1 aliphatic rings. The van der Waals surface area contributed by atoms with Crippen molar-refractivity contribution < 1.29 is 9.59 Å². The highest BCUT2D eigenvalue weighted by Gasteiger charge is 2.27. The van der Waals surface area contributed by atoms with Crippen LogP contribution in [0.3, 0.4) is 0 Å². The Labute approximate surface area is 195 Å². The number of hydrogen-bond donors (Lipinski definition) is 2. The molecule has 1 fully saturated rings. The summed E-state index contributed by atoms with van der Waals surface area (Å²) < 4.78 is 1.72. The molecule has 10 heteroatoms. The topological polar surface area (TPSA) is 109 Å². The highest BCUT2D eigenvalue weighted by molar-refractivity contribution is 7.22. The molecule has 1 aromatic carbocycles.